The number of anilines is 4. The molecule has 0 radical (unpaired) electrons. The summed E-state index contributed by atoms with van der Waals surface area (Å²) >= 11 is 12.7. The third kappa shape index (κ3) is 5.29. The summed E-state index contributed by atoms with van der Waals surface area (Å²) < 4.78 is 1.79. The normalized spacial score (nSPS) is 16.7. The number of aromatic nitrogens is 5. The molecule has 1 saturated carbocycles. The highest BCUT2D eigenvalue weighted by Gasteiger charge is 2.33. The molecule has 0 unspecified atom stereocenters. The Hall–Kier alpha value is -3.34. The second kappa shape index (κ2) is 10.4. The van der Waals surface area contributed by atoms with Gasteiger partial charge in [-0.25, -0.2) is 15.0 Å². The van der Waals surface area contributed by atoms with Crippen molar-refractivity contribution in [3.05, 3.63) is 52.3 Å². The Morgan fingerprint density at radius 2 is 1.68 bits per heavy atom. The van der Waals surface area contributed by atoms with Crippen LogP contribution >= 0.6 is 23.2 Å². The van der Waals surface area contributed by atoms with E-state index in [9.17, 15) is 0 Å². The van der Waals surface area contributed by atoms with E-state index >= 15 is 0 Å². The predicted octanol–water partition coefficient (Wildman–Crippen LogP) is 4.52. The fourth-order valence-corrected chi connectivity index (χ4v) is 5.45. The molecule has 0 atom stereocenters. The largest absolute Gasteiger partial charge is 0.396 e. The highest BCUT2D eigenvalue weighted by Crippen LogP contribution is 2.35. The average Bonchev–Trinajstić information content (AvgIpc) is 3.67. The van der Waals surface area contributed by atoms with Crippen LogP contribution in [0.4, 0.5) is 23.3 Å². The first-order valence-electron chi connectivity index (χ1n) is 12.9. The molecule has 1 aliphatic heterocycles. The molecular weight excluding hydrogens is 523 g/mol. The molecule has 12 heteroatoms. The topological polar surface area (TPSA) is 135 Å². The molecule has 6 rings (SSSR count). The van der Waals surface area contributed by atoms with E-state index in [-0.39, 0.29) is 0 Å². The van der Waals surface area contributed by atoms with Crippen molar-refractivity contribution in [2.24, 2.45) is 0 Å². The van der Waals surface area contributed by atoms with Crippen LogP contribution in [-0.2, 0) is 0 Å². The minimum atomic E-state index is 0.303. The number of benzene rings is 1. The van der Waals surface area contributed by atoms with Gasteiger partial charge in [-0.2, -0.15) is 4.52 Å². The number of fused-ring (bicyclic) bond motifs is 1. The molecule has 1 aliphatic carbocycles. The molecule has 10 nitrogen and oxygen atoms in total. The molecule has 1 saturated heterocycles. The number of nitrogen functional groups attached to an aromatic ring is 2. The maximum absolute atomic E-state index is 6.53. The molecule has 2 fully saturated rings. The standard InChI is InChI=1S/C26H30Cl2N10/c27-16-1-4-18(19(28)13-16)21-14-23-35-25(15-7-11-37(12-8-15)17-2-3-17)36-38(23)26(33-21)32-10-9-31-22-6-5-20(29)24(30)34-22/h1,4-6,13-15,17H,2-3,7-12,29H2,(H,32,33)(H3,30,31,34). The summed E-state index contributed by atoms with van der Waals surface area (Å²) in [4.78, 5) is 16.7. The van der Waals surface area contributed by atoms with E-state index in [1.807, 2.05) is 12.1 Å². The molecule has 198 valence electrons. The van der Waals surface area contributed by atoms with Gasteiger partial charge >= 0.3 is 0 Å². The van der Waals surface area contributed by atoms with E-state index in [0.717, 1.165) is 49.0 Å². The van der Waals surface area contributed by atoms with Gasteiger partial charge in [0.2, 0.25) is 5.95 Å². The molecule has 2 aliphatic rings. The maximum atomic E-state index is 6.53. The number of hydrogen-bond donors (Lipinski definition) is 4. The minimum absolute atomic E-state index is 0.303. The number of pyridine rings is 1. The lowest BCUT2D eigenvalue weighted by molar-refractivity contribution is 0.200. The van der Waals surface area contributed by atoms with Gasteiger partial charge in [-0.15, -0.1) is 5.10 Å². The van der Waals surface area contributed by atoms with Crippen molar-refractivity contribution in [3.8, 4) is 11.3 Å². The number of rotatable bonds is 8. The number of halogens is 2. The minimum Gasteiger partial charge on any atom is -0.396 e. The van der Waals surface area contributed by atoms with E-state index in [1.165, 1.54) is 12.8 Å². The lowest BCUT2D eigenvalue weighted by Crippen LogP contribution is -2.34. The molecule has 4 aromatic rings. The Bertz CT molecular complexity index is 1460. The van der Waals surface area contributed by atoms with Crippen LogP contribution in [0.25, 0.3) is 16.9 Å². The van der Waals surface area contributed by atoms with E-state index < -0.39 is 0 Å². The highest BCUT2D eigenvalue weighted by molar-refractivity contribution is 6.36. The predicted molar refractivity (Wildman–Crippen MR) is 153 cm³/mol. The second-order valence-electron chi connectivity index (χ2n) is 9.90. The second-order valence-corrected chi connectivity index (χ2v) is 10.7. The molecule has 0 spiro atoms. The Labute approximate surface area is 230 Å². The van der Waals surface area contributed by atoms with Gasteiger partial charge in [0, 0.05) is 41.7 Å². The van der Waals surface area contributed by atoms with Crippen LogP contribution in [0.15, 0.2) is 36.4 Å². The van der Waals surface area contributed by atoms with Gasteiger partial charge in [0.1, 0.15) is 11.6 Å². The van der Waals surface area contributed by atoms with Gasteiger partial charge in [0.05, 0.1) is 16.4 Å². The van der Waals surface area contributed by atoms with Gasteiger partial charge in [0.25, 0.3) is 0 Å². The first-order valence-corrected chi connectivity index (χ1v) is 13.7. The number of nitrogens with one attached hydrogen (secondary N) is 2. The molecule has 4 heterocycles. The summed E-state index contributed by atoms with van der Waals surface area (Å²) in [6.45, 7) is 3.35. The fourth-order valence-electron chi connectivity index (χ4n) is 4.94. The van der Waals surface area contributed by atoms with Gasteiger partial charge in [-0.05, 0) is 69.1 Å². The van der Waals surface area contributed by atoms with Crippen LogP contribution in [-0.4, -0.2) is 61.7 Å². The van der Waals surface area contributed by atoms with E-state index in [0.29, 0.717) is 58.0 Å². The van der Waals surface area contributed by atoms with Crippen molar-refractivity contribution in [2.45, 2.75) is 37.6 Å². The smallest absolute Gasteiger partial charge is 0.226 e. The van der Waals surface area contributed by atoms with Crippen molar-refractivity contribution >= 4 is 52.1 Å². The van der Waals surface area contributed by atoms with Crippen LogP contribution in [0.5, 0.6) is 0 Å². The number of likely N-dealkylation sites (tertiary alicyclic amines) is 1. The Morgan fingerprint density at radius 3 is 2.42 bits per heavy atom. The van der Waals surface area contributed by atoms with Crippen LogP contribution in [0, 0.1) is 0 Å². The zero-order valence-corrected chi connectivity index (χ0v) is 22.4. The number of nitrogens with two attached hydrogens (primary N) is 2. The van der Waals surface area contributed by atoms with E-state index in [4.69, 9.17) is 49.7 Å². The first kappa shape index (κ1) is 25.0. The van der Waals surface area contributed by atoms with E-state index in [2.05, 4.69) is 20.5 Å². The zero-order chi connectivity index (χ0) is 26.2. The van der Waals surface area contributed by atoms with Gasteiger partial charge in [-0.1, -0.05) is 23.2 Å². The molecule has 0 amide bonds. The van der Waals surface area contributed by atoms with Crippen LogP contribution < -0.4 is 22.1 Å². The number of nitrogens with zero attached hydrogens (tertiary/aromatic N) is 6. The van der Waals surface area contributed by atoms with Crippen molar-refractivity contribution < 1.29 is 0 Å². The maximum Gasteiger partial charge on any atom is 0.226 e. The molecule has 6 N–H and O–H groups in total. The summed E-state index contributed by atoms with van der Waals surface area (Å²) in [6, 6.07) is 11.6. The van der Waals surface area contributed by atoms with Gasteiger partial charge < -0.3 is 27.0 Å². The van der Waals surface area contributed by atoms with Crippen molar-refractivity contribution in [1.82, 2.24) is 29.5 Å². The van der Waals surface area contributed by atoms with Crippen molar-refractivity contribution in [1.29, 1.82) is 0 Å². The molecule has 0 bridgehead atoms. The van der Waals surface area contributed by atoms with Crippen LogP contribution in [0.1, 0.15) is 37.4 Å². The van der Waals surface area contributed by atoms with Crippen molar-refractivity contribution in [2.75, 3.05) is 48.3 Å². The monoisotopic (exact) mass is 552 g/mol. The SMILES string of the molecule is Nc1ccc(NCCNc2nc(-c3ccc(Cl)cc3Cl)cc3nc(C4CCN(C5CC5)CC4)nn23)nc1N. The molecular formula is C26H30Cl2N10. The lowest BCUT2D eigenvalue weighted by Gasteiger charge is -2.30. The number of piperidine rings is 1. The van der Waals surface area contributed by atoms with Gasteiger partial charge in [0.15, 0.2) is 11.5 Å². The summed E-state index contributed by atoms with van der Waals surface area (Å²) in [5.41, 5.74) is 14.2. The molecule has 1 aromatic carbocycles. The quantitative estimate of drug-likeness (QED) is 0.232. The van der Waals surface area contributed by atoms with Crippen LogP contribution in [0.3, 0.4) is 0 Å². The Morgan fingerprint density at radius 1 is 0.895 bits per heavy atom. The van der Waals surface area contributed by atoms with Crippen LogP contribution in [0.2, 0.25) is 10.0 Å². The summed E-state index contributed by atoms with van der Waals surface area (Å²) in [5, 5.41) is 12.6. The molecule has 3 aromatic heterocycles. The van der Waals surface area contributed by atoms with Gasteiger partial charge in [-0.3, -0.25) is 0 Å². The first-order chi connectivity index (χ1) is 18.4. The Balaban J connectivity index is 1.25. The van der Waals surface area contributed by atoms with E-state index in [1.54, 1.807) is 28.8 Å². The van der Waals surface area contributed by atoms with Crippen molar-refractivity contribution in [3.63, 3.8) is 0 Å². The third-order valence-corrected chi connectivity index (χ3v) is 7.73. The highest BCUT2D eigenvalue weighted by atomic mass is 35.5. The third-order valence-electron chi connectivity index (χ3n) is 7.18. The summed E-state index contributed by atoms with van der Waals surface area (Å²) in [7, 11) is 0. The number of hydrogen-bond acceptors (Lipinski definition) is 9. The Kier molecular flexibility index (Phi) is 6.86. The zero-order valence-electron chi connectivity index (χ0n) is 20.9. The lowest BCUT2D eigenvalue weighted by atomic mass is 9.96. The fraction of sp³-hybridized carbons (Fsp3) is 0.385. The molecule has 38 heavy (non-hydrogen) atoms. The summed E-state index contributed by atoms with van der Waals surface area (Å²) in [6.07, 6.45) is 4.82. The summed E-state index contributed by atoms with van der Waals surface area (Å²) in [5.74, 6) is 2.74. The average molecular weight is 554 g/mol.